The van der Waals surface area contributed by atoms with Crippen LogP contribution < -0.4 is 15.0 Å². The van der Waals surface area contributed by atoms with Gasteiger partial charge in [0, 0.05) is 29.2 Å². The van der Waals surface area contributed by atoms with Gasteiger partial charge in [0.05, 0.1) is 13.2 Å². The molecule has 35 heavy (non-hydrogen) atoms. The van der Waals surface area contributed by atoms with Gasteiger partial charge in [-0.05, 0) is 60.6 Å². The molecule has 1 aromatic carbocycles. The van der Waals surface area contributed by atoms with Crippen LogP contribution in [0.25, 0.3) is 10.9 Å². The Morgan fingerprint density at radius 2 is 2.06 bits per heavy atom. The van der Waals surface area contributed by atoms with Crippen molar-refractivity contribution in [3.63, 3.8) is 0 Å². The second kappa shape index (κ2) is 9.30. The largest absolute Gasteiger partial charge is 0.485 e. The third kappa shape index (κ3) is 4.88. The van der Waals surface area contributed by atoms with Crippen LogP contribution in [0.15, 0.2) is 24.3 Å². The molecule has 1 atom stereocenters. The van der Waals surface area contributed by atoms with Gasteiger partial charge in [0.1, 0.15) is 6.61 Å². The average molecular weight is 514 g/mol. The van der Waals surface area contributed by atoms with Crippen LogP contribution in [0.5, 0.6) is 5.75 Å². The van der Waals surface area contributed by atoms with Gasteiger partial charge in [-0.1, -0.05) is 39.0 Å². The van der Waals surface area contributed by atoms with E-state index < -0.39 is 8.32 Å². The van der Waals surface area contributed by atoms with Crippen LogP contribution in [0.1, 0.15) is 38.4 Å². The van der Waals surface area contributed by atoms with Crippen LogP contribution in [-0.4, -0.2) is 55.6 Å². The van der Waals surface area contributed by atoms with Crippen molar-refractivity contribution in [3.05, 3.63) is 40.8 Å². The topological polar surface area (TPSA) is 75.3 Å². The summed E-state index contributed by atoms with van der Waals surface area (Å²) in [5.74, 6) is 2.13. The molecule has 3 heterocycles. The lowest BCUT2D eigenvalue weighted by Gasteiger charge is -2.37. The van der Waals surface area contributed by atoms with Crippen LogP contribution in [-0.2, 0) is 17.3 Å². The molecule has 2 N–H and O–H groups in total. The van der Waals surface area contributed by atoms with E-state index in [0.717, 1.165) is 38.2 Å². The second-order valence-corrected chi connectivity index (χ2v) is 16.3. The molecule has 1 aliphatic heterocycles. The number of anilines is 2. The van der Waals surface area contributed by atoms with Gasteiger partial charge >= 0.3 is 0 Å². The fourth-order valence-corrected chi connectivity index (χ4v) is 5.95. The highest BCUT2D eigenvalue weighted by Crippen LogP contribution is 2.39. The standard InChI is InChI=1S/C26H36ClN5O2Si/c1-26(2,3)35(4,5)34-15-13-32-12-14-33-22-23(30-25(27)31-24(22)32)28-17-10-11-21-19(16-17)18-8-6-7-9-20(18)29-21/h6-9,17,29H,10-16H2,1-5H3,(H,28,30,31)/t17-/m1/s1. The number of para-hydroxylation sites is 1. The minimum Gasteiger partial charge on any atom is -0.485 e. The van der Waals surface area contributed by atoms with E-state index in [2.05, 4.69) is 83.3 Å². The molecule has 0 radical (unpaired) electrons. The molecule has 1 aliphatic carbocycles. The molecule has 0 fully saturated rings. The third-order valence-corrected chi connectivity index (χ3v) is 12.5. The van der Waals surface area contributed by atoms with E-state index in [4.69, 9.17) is 20.8 Å². The van der Waals surface area contributed by atoms with E-state index in [1.165, 1.54) is 22.2 Å². The summed E-state index contributed by atoms with van der Waals surface area (Å²) in [6.07, 6.45) is 2.94. The summed E-state index contributed by atoms with van der Waals surface area (Å²) >= 11 is 6.40. The van der Waals surface area contributed by atoms with Crippen LogP contribution in [0.3, 0.4) is 0 Å². The van der Waals surface area contributed by atoms with Gasteiger partial charge in [0.2, 0.25) is 11.0 Å². The number of halogens is 1. The zero-order chi connectivity index (χ0) is 24.8. The number of aromatic nitrogens is 3. The highest BCUT2D eigenvalue weighted by Gasteiger charge is 2.37. The Kier molecular flexibility index (Phi) is 6.48. The first-order valence-electron chi connectivity index (χ1n) is 12.6. The number of aromatic amines is 1. The zero-order valence-electron chi connectivity index (χ0n) is 21.4. The molecule has 0 amide bonds. The maximum absolute atomic E-state index is 6.42. The number of rotatable bonds is 6. The highest BCUT2D eigenvalue weighted by atomic mass is 35.5. The number of nitrogens with one attached hydrogen (secondary N) is 2. The Morgan fingerprint density at radius 3 is 2.86 bits per heavy atom. The Bertz CT molecular complexity index is 1220. The number of fused-ring (bicyclic) bond motifs is 4. The first-order valence-corrected chi connectivity index (χ1v) is 15.9. The summed E-state index contributed by atoms with van der Waals surface area (Å²) in [4.78, 5) is 14.9. The molecule has 7 nitrogen and oxygen atoms in total. The summed E-state index contributed by atoms with van der Waals surface area (Å²) in [5, 5.41) is 5.36. The summed E-state index contributed by atoms with van der Waals surface area (Å²) in [5.41, 5.74) is 3.94. The van der Waals surface area contributed by atoms with Gasteiger partial charge in [-0.15, -0.1) is 0 Å². The molecule has 9 heteroatoms. The summed E-state index contributed by atoms with van der Waals surface area (Å²) in [6.45, 7) is 14.1. The van der Waals surface area contributed by atoms with E-state index in [1.807, 2.05) is 0 Å². The van der Waals surface area contributed by atoms with E-state index in [-0.39, 0.29) is 16.4 Å². The number of aryl methyl sites for hydroxylation is 1. The quantitative estimate of drug-likeness (QED) is 0.320. The highest BCUT2D eigenvalue weighted by molar-refractivity contribution is 6.74. The molecular weight excluding hydrogens is 478 g/mol. The van der Waals surface area contributed by atoms with E-state index in [0.29, 0.717) is 24.8 Å². The molecule has 188 valence electrons. The fourth-order valence-electron chi connectivity index (χ4n) is 4.75. The van der Waals surface area contributed by atoms with Crippen molar-refractivity contribution in [2.24, 2.45) is 0 Å². The molecular formula is C26H36ClN5O2Si. The molecule has 5 rings (SSSR count). The predicted molar refractivity (Wildman–Crippen MR) is 146 cm³/mol. The lowest BCUT2D eigenvalue weighted by molar-refractivity contribution is 0.273. The maximum atomic E-state index is 6.42. The first kappa shape index (κ1) is 24.4. The number of hydrogen-bond acceptors (Lipinski definition) is 6. The normalized spacial score (nSPS) is 18.2. The summed E-state index contributed by atoms with van der Waals surface area (Å²) in [7, 11) is -1.81. The van der Waals surface area contributed by atoms with Gasteiger partial charge in [-0.3, -0.25) is 0 Å². The predicted octanol–water partition coefficient (Wildman–Crippen LogP) is 5.80. The van der Waals surface area contributed by atoms with Crippen molar-refractivity contribution >= 4 is 42.5 Å². The molecule has 0 saturated heterocycles. The Hall–Kier alpha value is -2.29. The molecule has 2 aromatic heterocycles. The van der Waals surface area contributed by atoms with Crippen molar-refractivity contribution < 1.29 is 9.16 Å². The van der Waals surface area contributed by atoms with E-state index >= 15 is 0 Å². The Morgan fingerprint density at radius 1 is 1.26 bits per heavy atom. The molecule has 0 saturated carbocycles. The van der Waals surface area contributed by atoms with E-state index in [1.54, 1.807) is 0 Å². The SMILES string of the molecule is CC(C)(C)[Si](C)(C)OCCN1CCOc2c(N[C@@H]3CCc4[nH]c5ccccc5c4C3)nc(Cl)nc21. The van der Waals surface area contributed by atoms with Crippen molar-refractivity contribution in [2.75, 3.05) is 36.5 Å². The van der Waals surface area contributed by atoms with Crippen molar-refractivity contribution in [2.45, 2.75) is 64.2 Å². The minimum atomic E-state index is -1.81. The fraction of sp³-hybridized carbons (Fsp3) is 0.538. The lowest BCUT2D eigenvalue weighted by atomic mass is 9.91. The molecule has 3 aromatic rings. The van der Waals surface area contributed by atoms with Gasteiger partial charge in [-0.2, -0.15) is 9.97 Å². The number of hydrogen-bond donors (Lipinski definition) is 2. The Balaban J connectivity index is 1.32. The first-order chi connectivity index (χ1) is 16.6. The Labute approximate surface area is 213 Å². The number of H-pyrrole nitrogens is 1. The average Bonchev–Trinajstić information content (AvgIpc) is 3.17. The van der Waals surface area contributed by atoms with Crippen molar-refractivity contribution in [3.8, 4) is 5.75 Å². The molecule has 0 spiro atoms. The van der Waals surface area contributed by atoms with Gasteiger partial charge in [0.15, 0.2) is 20.0 Å². The summed E-state index contributed by atoms with van der Waals surface area (Å²) in [6, 6.07) is 8.77. The second-order valence-electron chi connectivity index (χ2n) is 11.2. The number of benzene rings is 1. The molecule has 0 bridgehead atoms. The van der Waals surface area contributed by atoms with Gasteiger partial charge in [-0.25, -0.2) is 0 Å². The van der Waals surface area contributed by atoms with Crippen LogP contribution in [0, 0.1) is 0 Å². The van der Waals surface area contributed by atoms with Gasteiger partial charge < -0.3 is 24.4 Å². The molecule has 0 unspecified atom stereocenters. The third-order valence-electron chi connectivity index (χ3n) is 7.79. The smallest absolute Gasteiger partial charge is 0.226 e. The summed E-state index contributed by atoms with van der Waals surface area (Å²) < 4.78 is 12.5. The minimum absolute atomic E-state index is 0.184. The monoisotopic (exact) mass is 513 g/mol. The van der Waals surface area contributed by atoms with Crippen LogP contribution in [0.2, 0.25) is 23.4 Å². The van der Waals surface area contributed by atoms with Crippen molar-refractivity contribution in [1.29, 1.82) is 0 Å². The number of ether oxygens (including phenoxy) is 1. The maximum Gasteiger partial charge on any atom is 0.226 e. The van der Waals surface area contributed by atoms with Crippen LogP contribution in [0.4, 0.5) is 11.6 Å². The van der Waals surface area contributed by atoms with Crippen LogP contribution >= 0.6 is 11.6 Å². The zero-order valence-corrected chi connectivity index (χ0v) is 23.1. The lowest BCUT2D eigenvalue weighted by Crippen LogP contribution is -2.44. The van der Waals surface area contributed by atoms with Crippen molar-refractivity contribution in [1.82, 2.24) is 15.0 Å². The van der Waals surface area contributed by atoms with E-state index in [9.17, 15) is 0 Å². The van der Waals surface area contributed by atoms with Gasteiger partial charge in [0.25, 0.3) is 0 Å². The molecule has 2 aliphatic rings. The number of nitrogens with zero attached hydrogens (tertiary/aromatic N) is 3.